The highest BCUT2D eigenvalue weighted by Crippen LogP contribution is 2.48. The van der Waals surface area contributed by atoms with Crippen LogP contribution in [0.3, 0.4) is 0 Å². The van der Waals surface area contributed by atoms with Crippen molar-refractivity contribution < 1.29 is 33.0 Å². The molecule has 2 aliphatic heterocycles. The zero-order valence-electron chi connectivity index (χ0n) is 17.9. The molecule has 158 valence electrons. The first-order valence-corrected chi connectivity index (χ1v) is 12.5. The molecule has 0 spiro atoms. The minimum Gasteiger partial charge on any atom is -0.469 e. The van der Waals surface area contributed by atoms with Crippen molar-refractivity contribution in [2.24, 2.45) is 11.8 Å². The molecule has 7 nitrogen and oxygen atoms in total. The van der Waals surface area contributed by atoms with Crippen LogP contribution in [-0.2, 0) is 33.0 Å². The summed E-state index contributed by atoms with van der Waals surface area (Å²) in [5.74, 6) is -3.48. The Morgan fingerprint density at radius 3 is 2.32 bits per heavy atom. The molecule has 0 aromatic carbocycles. The number of methoxy groups -OCH3 is 2. The normalized spacial score (nSPS) is 29.7. The topological polar surface area (TPSA) is 88.1 Å². The van der Waals surface area contributed by atoms with Gasteiger partial charge in [0, 0.05) is 6.61 Å². The molecule has 8 heteroatoms. The van der Waals surface area contributed by atoms with Crippen molar-refractivity contribution in [1.29, 1.82) is 0 Å². The third-order valence-electron chi connectivity index (χ3n) is 6.31. The van der Waals surface area contributed by atoms with E-state index >= 15 is 0 Å². The van der Waals surface area contributed by atoms with Gasteiger partial charge in [-0.15, -0.1) is 0 Å². The Morgan fingerprint density at radius 1 is 1.18 bits per heavy atom. The Hall–Kier alpha value is -1.51. The van der Waals surface area contributed by atoms with Crippen molar-refractivity contribution in [3.05, 3.63) is 12.2 Å². The summed E-state index contributed by atoms with van der Waals surface area (Å²) in [6.07, 6.45) is 3.05. The molecule has 0 saturated carbocycles. The molecule has 0 amide bonds. The molecule has 0 aliphatic carbocycles. The Labute approximate surface area is 167 Å². The molecule has 0 aromatic rings. The summed E-state index contributed by atoms with van der Waals surface area (Å²) in [4.78, 5) is 37.7. The zero-order chi connectivity index (χ0) is 21.3. The molecule has 0 aromatic heterocycles. The first-order valence-electron chi connectivity index (χ1n) is 9.61. The first-order chi connectivity index (χ1) is 12.9. The van der Waals surface area contributed by atoms with Gasteiger partial charge >= 0.3 is 11.9 Å². The Bertz CT molecular complexity index is 664. The molecule has 1 fully saturated rings. The molecule has 2 bridgehead atoms. The summed E-state index contributed by atoms with van der Waals surface area (Å²) >= 11 is 0. The van der Waals surface area contributed by atoms with E-state index in [-0.39, 0.29) is 17.2 Å². The largest absolute Gasteiger partial charge is 0.469 e. The monoisotopic (exact) mass is 412 g/mol. The summed E-state index contributed by atoms with van der Waals surface area (Å²) in [5.41, 5.74) is -1.41. The maximum atomic E-state index is 12.8. The fourth-order valence-corrected chi connectivity index (χ4v) is 4.74. The summed E-state index contributed by atoms with van der Waals surface area (Å²) < 4.78 is 22.0. The fraction of sp³-hybridized carbons (Fsp3) is 0.750. The number of ketones is 1. The van der Waals surface area contributed by atoms with Crippen molar-refractivity contribution in [3.8, 4) is 0 Å². The van der Waals surface area contributed by atoms with Gasteiger partial charge in [0.05, 0.1) is 20.3 Å². The molecule has 2 rings (SSSR count). The molecule has 2 heterocycles. The Balaban J connectivity index is 2.21. The smallest absolute Gasteiger partial charge is 0.313 e. The van der Waals surface area contributed by atoms with Gasteiger partial charge in [0.1, 0.15) is 17.4 Å². The Kier molecular flexibility index (Phi) is 6.57. The van der Waals surface area contributed by atoms with Crippen molar-refractivity contribution >= 4 is 26.0 Å². The van der Waals surface area contributed by atoms with Crippen LogP contribution in [0, 0.1) is 11.8 Å². The van der Waals surface area contributed by atoms with Gasteiger partial charge in [-0.1, -0.05) is 26.8 Å². The fourth-order valence-electron chi connectivity index (χ4n) is 3.65. The van der Waals surface area contributed by atoms with Crippen LogP contribution < -0.4 is 0 Å². The van der Waals surface area contributed by atoms with E-state index in [0.29, 0.717) is 13.0 Å². The van der Waals surface area contributed by atoms with E-state index in [1.807, 2.05) is 0 Å². The molecule has 4 atom stereocenters. The quantitative estimate of drug-likeness (QED) is 0.361. The second kappa shape index (κ2) is 8.08. The average Bonchev–Trinajstić information content (AvgIpc) is 2.90. The van der Waals surface area contributed by atoms with E-state index in [4.69, 9.17) is 18.6 Å². The maximum absolute atomic E-state index is 12.8. The Morgan fingerprint density at radius 2 is 1.79 bits per heavy atom. The van der Waals surface area contributed by atoms with E-state index in [1.165, 1.54) is 26.4 Å². The summed E-state index contributed by atoms with van der Waals surface area (Å²) in [6.45, 7) is 11.3. The zero-order valence-corrected chi connectivity index (χ0v) is 18.9. The molecule has 2 aliphatic rings. The molecular formula is C20H32O7Si. The van der Waals surface area contributed by atoms with Gasteiger partial charge in [0.15, 0.2) is 14.1 Å². The van der Waals surface area contributed by atoms with Gasteiger partial charge in [-0.05, 0) is 37.0 Å². The number of fused-ring (bicyclic) bond motifs is 2. The summed E-state index contributed by atoms with van der Waals surface area (Å²) in [5, 5.41) is 0.0775. The third-order valence-corrected chi connectivity index (χ3v) is 10.8. The molecule has 1 saturated heterocycles. The molecule has 0 unspecified atom stereocenters. The molecular weight excluding hydrogens is 380 g/mol. The number of carbonyl (C=O) groups excluding carboxylic acids is 3. The van der Waals surface area contributed by atoms with E-state index < -0.39 is 43.8 Å². The summed E-state index contributed by atoms with van der Waals surface area (Å²) in [7, 11) is 0.574. The molecule has 0 radical (unpaired) electrons. The van der Waals surface area contributed by atoms with Gasteiger partial charge in [0.25, 0.3) is 0 Å². The predicted octanol–water partition coefficient (Wildman–Crippen LogP) is 2.64. The standard InChI is InChI=1S/C20H32O7Si/c1-19(2,3)28(6,7)26-12-8-11-20-14(21)10-9-13(27-20)15(17(22)24-4)16(20)18(23)25-5/h9-10,13,15-16H,8,11-12H2,1-7H3/t13-,15+,16+,20+/m0/s1. The second-order valence-corrected chi connectivity index (χ2v) is 13.8. The van der Waals surface area contributed by atoms with Crippen LogP contribution in [0.5, 0.6) is 0 Å². The van der Waals surface area contributed by atoms with Crippen LogP contribution in [0.4, 0.5) is 0 Å². The minimum atomic E-state index is -1.92. The van der Waals surface area contributed by atoms with Gasteiger partial charge in [-0.2, -0.15) is 0 Å². The van der Waals surface area contributed by atoms with Crippen molar-refractivity contribution in [2.75, 3.05) is 20.8 Å². The van der Waals surface area contributed by atoms with Gasteiger partial charge in [-0.25, -0.2) is 0 Å². The predicted molar refractivity (Wildman–Crippen MR) is 105 cm³/mol. The number of rotatable bonds is 7. The van der Waals surface area contributed by atoms with Crippen molar-refractivity contribution in [2.45, 2.75) is 63.5 Å². The second-order valence-electron chi connectivity index (χ2n) is 8.96. The van der Waals surface area contributed by atoms with Crippen molar-refractivity contribution in [3.63, 3.8) is 0 Å². The number of ether oxygens (including phenoxy) is 3. The van der Waals surface area contributed by atoms with E-state index in [0.717, 1.165) is 0 Å². The van der Waals surface area contributed by atoms with Crippen LogP contribution in [0.2, 0.25) is 18.1 Å². The van der Waals surface area contributed by atoms with Crippen LogP contribution in [0.1, 0.15) is 33.6 Å². The van der Waals surface area contributed by atoms with E-state index in [9.17, 15) is 14.4 Å². The van der Waals surface area contributed by atoms with Crippen LogP contribution in [0.25, 0.3) is 0 Å². The van der Waals surface area contributed by atoms with Crippen LogP contribution >= 0.6 is 0 Å². The van der Waals surface area contributed by atoms with Crippen LogP contribution in [0.15, 0.2) is 12.2 Å². The SMILES string of the molecule is COC(=O)[C@@H]1[C@@H]2C=CC(=O)[C@@](CCCO[Si](C)(C)C(C)(C)C)(O2)[C@H]1C(=O)OC. The van der Waals surface area contributed by atoms with E-state index in [2.05, 4.69) is 33.9 Å². The van der Waals surface area contributed by atoms with Gasteiger partial charge in [0.2, 0.25) is 0 Å². The van der Waals surface area contributed by atoms with Crippen molar-refractivity contribution in [1.82, 2.24) is 0 Å². The lowest BCUT2D eigenvalue weighted by molar-refractivity contribution is -0.163. The highest BCUT2D eigenvalue weighted by atomic mass is 28.4. The van der Waals surface area contributed by atoms with Gasteiger partial charge in [-0.3, -0.25) is 14.4 Å². The lowest BCUT2D eigenvalue weighted by atomic mass is 9.76. The first kappa shape index (κ1) is 22.8. The highest BCUT2D eigenvalue weighted by Gasteiger charge is 2.65. The maximum Gasteiger partial charge on any atom is 0.313 e. The lowest BCUT2D eigenvalue weighted by Crippen LogP contribution is -2.50. The molecule has 0 N–H and O–H groups in total. The van der Waals surface area contributed by atoms with Crippen LogP contribution in [-0.4, -0.2) is 58.6 Å². The number of hydrogen-bond acceptors (Lipinski definition) is 7. The number of carbonyl (C=O) groups is 3. The summed E-state index contributed by atoms with van der Waals surface area (Å²) in [6, 6.07) is 0. The third kappa shape index (κ3) is 3.95. The number of esters is 2. The van der Waals surface area contributed by atoms with Gasteiger partial charge < -0.3 is 18.6 Å². The highest BCUT2D eigenvalue weighted by molar-refractivity contribution is 6.74. The number of hydrogen-bond donors (Lipinski definition) is 0. The minimum absolute atomic E-state index is 0.0775. The van der Waals surface area contributed by atoms with E-state index in [1.54, 1.807) is 0 Å². The molecule has 28 heavy (non-hydrogen) atoms. The average molecular weight is 413 g/mol. The lowest BCUT2D eigenvalue weighted by Gasteiger charge is -2.37.